The van der Waals surface area contributed by atoms with Gasteiger partial charge in [0.25, 0.3) is 5.91 Å². The van der Waals surface area contributed by atoms with Gasteiger partial charge in [0.1, 0.15) is 18.1 Å². The van der Waals surface area contributed by atoms with E-state index < -0.39 is 0 Å². The Hall–Kier alpha value is -4.66. The molecule has 0 N–H and O–H groups in total. The highest BCUT2D eigenvalue weighted by Gasteiger charge is 2.45. The number of carbonyl (C=O) groups is 1. The van der Waals surface area contributed by atoms with E-state index >= 15 is 0 Å². The molecule has 49 heavy (non-hydrogen) atoms. The number of aromatic nitrogens is 4. The van der Waals surface area contributed by atoms with Gasteiger partial charge in [0.05, 0.1) is 47.7 Å². The van der Waals surface area contributed by atoms with Gasteiger partial charge in [-0.1, -0.05) is 42.4 Å². The van der Waals surface area contributed by atoms with Gasteiger partial charge in [-0.2, -0.15) is 15.2 Å². The van der Waals surface area contributed by atoms with E-state index in [9.17, 15) is 10.1 Å². The maximum absolute atomic E-state index is 13.6. The molecule has 8 rings (SSSR count). The first kappa shape index (κ1) is 31.6. The van der Waals surface area contributed by atoms with Gasteiger partial charge in [0, 0.05) is 55.2 Å². The lowest BCUT2D eigenvalue weighted by Gasteiger charge is -2.42. The standard InChI is InChI=1S/C37H40ClN9O2/c1-26(45-19-15-40-25-45)35(48)47-21-20-44(22-28(47)10-14-39)34-29-11-18-43(32-9-3-7-27-6-2-8-30(38)33(27)32)23-31(29)41-36(42-34)49-24-37-12-4-16-46(37)17-5-13-37/h2-3,6-9,15,19,25,28H,1,4-5,10-13,16-18,20-24H2/t28-/m0/s1. The van der Waals surface area contributed by atoms with E-state index in [-0.39, 0.29) is 23.9 Å². The van der Waals surface area contributed by atoms with Crippen molar-refractivity contribution in [1.82, 2.24) is 29.3 Å². The summed E-state index contributed by atoms with van der Waals surface area (Å²) in [4.78, 5) is 36.8. The topological polar surface area (TPSA) is 107 Å². The van der Waals surface area contributed by atoms with Crippen molar-refractivity contribution in [2.45, 2.75) is 56.7 Å². The van der Waals surface area contributed by atoms with Crippen LogP contribution < -0.4 is 14.5 Å². The van der Waals surface area contributed by atoms with Crippen molar-refractivity contribution in [2.75, 3.05) is 55.7 Å². The number of hydrogen-bond donors (Lipinski definition) is 0. The maximum Gasteiger partial charge on any atom is 0.318 e. The third-order valence-corrected chi connectivity index (χ3v) is 11.2. The molecule has 4 aromatic rings. The summed E-state index contributed by atoms with van der Waals surface area (Å²) in [7, 11) is 0. The molecule has 0 saturated carbocycles. The molecule has 0 unspecified atom stereocenters. The van der Waals surface area contributed by atoms with Crippen molar-refractivity contribution >= 4 is 45.5 Å². The number of carbonyl (C=O) groups excluding carboxylic acids is 1. The summed E-state index contributed by atoms with van der Waals surface area (Å²) in [6.45, 7) is 9.69. The Kier molecular flexibility index (Phi) is 8.38. The molecule has 0 radical (unpaired) electrons. The van der Waals surface area contributed by atoms with Crippen LogP contribution in [0.15, 0.2) is 61.7 Å². The summed E-state index contributed by atoms with van der Waals surface area (Å²) in [5, 5.41) is 12.7. The van der Waals surface area contributed by atoms with E-state index in [1.165, 1.54) is 12.8 Å². The number of fused-ring (bicyclic) bond motifs is 3. The summed E-state index contributed by atoms with van der Waals surface area (Å²) < 4.78 is 8.18. The number of hydrogen-bond acceptors (Lipinski definition) is 9. The molecular formula is C37H40ClN9O2. The number of halogens is 1. The molecule has 4 aliphatic heterocycles. The van der Waals surface area contributed by atoms with Crippen LogP contribution in [0.5, 0.6) is 6.01 Å². The number of anilines is 2. The van der Waals surface area contributed by atoms with Gasteiger partial charge in [-0.05, 0) is 62.7 Å². The van der Waals surface area contributed by atoms with E-state index in [4.69, 9.17) is 26.3 Å². The van der Waals surface area contributed by atoms with Crippen molar-refractivity contribution in [2.24, 2.45) is 0 Å². The molecule has 11 nitrogen and oxygen atoms in total. The quantitative estimate of drug-likeness (QED) is 0.234. The second-order valence-corrected chi connectivity index (χ2v) is 14.0. The third kappa shape index (κ3) is 5.77. The van der Waals surface area contributed by atoms with Gasteiger partial charge in [-0.25, -0.2) is 4.98 Å². The predicted molar refractivity (Wildman–Crippen MR) is 190 cm³/mol. The molecule has 6 heterocycles. The molecule has 0 spiro atoms. The van der Waals surface area contributed by atoms with Crippen LogP contribution in [0.2, 0.25) is 5.02 Å². The van der Waals surface area contributed by atoms with Gasteiger partial charge in [-0.15, -0.1) is 0 Å². The summed E-state index contributed by atoms with van der Waals surface area (Å²) in [6, 6.07) is 14.7. The van der Waals surface area contributed by atoms with Crippen LogP contribution in [0.3, 0.4) is 0 Å². The van der Waals surface area contributed by atoms with Crippen molar-refractivity contribution in [3.8, 4) is 12.1 Å². The zero-order valence-electron chi connectivity index (χ0n) is 27.6. The van der Waals surface area contributed by atoms with E-state index in [0.29, 0.717) is 44.5 Å². The number of nitriles is 1. The Labute approximate surface area is 291 Å². The minimum absolute atomic E-state index is 0.0622. The Morgan fingerprint density at radius 3 is 2.65 bits per heavy atom. The van der Waals surface area contributed by atoms with E-state index in [1.807, 2.05) is 12.1 Å². The SMILES string of the molecule is C=C(C(=O)N1CCN(c2nc(OCC34CCCN3CCC4)nc3c2CCN(c2cccc4cccc(Cl)c24)C3)C[C@@H]1CC#N)n1ccnc1. The highest BCUT2D eigenvalue weighted by molar-refractivity contribution is 6.36. The summed E-state index contributed by atoms with van der Waals surface area (Å²) in [5.74, 6) is 0.638. The lowest BCUT2D eigenvalue weighted by Crippen LogP contribution is -2.56. The van der Waals surface area contributed by atoms with Crippen molar-refractivity contribution in [1.29, 1.82) is 5.26 Å². The first-order valence-corrected chi connectivity index (χ1v) is 17.6. The van der Waals surface area contributed by atoms with E-state index in [0.717, 1.165) is 77.5 Å². The molecule has 0 bridgehead atoms. The Morgan fingerprint density at radius 2 is 1.88 bits per heavy atom. The number of benzene rings is 2. The van der Waals surface area contributed by atoms with Crippen LogP contribution in [-0.4, -0.2) is 92.7 Å². The highest BCUT2D eigenvalue weighted by Crippen LogP contribution is 2.40. The fourth-order valence-electron chi connectivity index (χ4n) is 8.41. The van der Waals surface area contributed by atoms with E-state index in [1.54, 1.807) is 28.2 Å². The fourth-order valence-corrected chi connectivity index (χ4v) is 8.69. The molecule has 1 atom stereocenters. The van der Waals surface area contributed by atoms with Crippen LogP contribution in [-0.2, 0) is 17.8 Å². The molecule has 252 valence electrons. The molecule has 2 aromatic carbocycles. The van der Waals surface area contributed by atoms with Gasteiger partial charge in [-0.3, -0.25) is 9.69 Å². The lowest BCUT2D eigenvalue weighted by molar-refractivity contribution is -0.128. The van der Waals surface area contributed by atoms with Gasteiger partial charge in [0.2, 0.25) is 0 Å². The van der Waals surface area contributed by atoms with Crippen LogP contribution >= 0.6 is 11.6 Å². The Balaban J connectivity index is 1.11. The van der Waals surface area contributed by atoms with Crippen LogP contribution in [0.1, 0.15) is 43.4 Å². The number of imidazole rings is 1. The molecular weight excluding hydrogens is 638 g/mol. The minimum Gasteiger partial charge on any atom is -0.461 e. The molecule has 4 aliphatic rings. The third-order valence-electron chi connectivity index (χ3n) is 10.9. The first-order valence-electron chi connectivity index (χ1n) is 17.2. The van der Waals surface area contributed by atoms with Crippen molar-refractivity contribution in [3.63, 3.8) is 0 Å². The molecule has 2 aromatic heterocycles. The smallest absolute Gasteiger partial charge is 0.318 e. The molecule has 12 heteroatoms. The monoisotopic (exact) mass is 677 g/mol. The number of amides is 1. The molecule has 3 fully saturated rings. The summed E-state index contributed by atoms with van der Waals surface area (Å²) in [5.41, 5.74) is 3.49. The van der Waals surface area contributed by atoms with Crippen molar-refractivity contribution in [3.05, 3.63) is 78.0 Å². The molecule has 3 saturated heterocycles. The number of ether oxygens (including phenoxy) is 1. The summed E-state index contributed by atoms with van der Waals surface area (Å²) in [6.07, 6.45) is 10.5. The van der Waals surface area contributed by atoms with Gasteiger partial charge >= 0.3 is 6.01 Å². The fraction of sp³-hybridized carbons (Fsp3) is 0.432. The molecule has 0 aliphatic carbocycles. The Morgan fingerprint density at radius 1 is 1.06 bits per heavy atom. The van der Waals surface area contributed by atoms with Gasteiger partial charge < -0.3 is 24.0 Å². The Bertz CT molecular complexity index is 1920. The average Bonchev–Trinajstić information content (AvgIpc) is 3.89. The maximum atomic E-state index is 13.6. The average molecular weight is 678 g/mol. The second-order valence-electron chi connectivity index (χ2n) is 13.6. The molecule has 1 amide bonds. The zero-order valence-corrected chi connectivity index (χ0v) is 28.4. The minimum atomic E-state index is -0.330. The first-order chi connectivity index (χ1) is 23.9. The highest BCUT2D eigenvalue weighted by atomic mass is 35.5. The largest absolute Gasteiger partial charge is 0.461 e. The number of nitrogens with zero attached hydrogens (tertiary/aromatic N) is 9. The summed E-state index contributed by atoms with van der Waals surface area (Å²) >= 11 is 6.76. The normalized spacial score (nSPS) is 20.2. The lowest BCUT2D eigenvalue weighted by atomic mass is 9.95. The van der Waals surface area contributed by atoms with Crippen LogP contribution in [0.4, 0.5) is 11.5 Å². The zero-order chi connectivity index (χ0) is 33.5. The van der Waals surface area contributed by atoms with E-state index in [2.05, 4.69) is 56.6 Å². The second kappa shape index (κ2) is 13.0. The van der Waals surface area contributed by atoms with Crippen molar-refractivity contribution < 1.29 is 9.53 Å². The predicted octanol–water partition coefficient (Wildman–Crippen LogP) is 5.15. The van der Waals surface area contributed by atoms with Crippen LogP contribution in [0.25, 0.3) is 16.5 Å². The number of rotatable bonds is 8. The number of piperazine rings is 1. The van der Waals surface area contributed by atoms with Crippen LogP contribution in [0, 0.1) is 11.3 Å². The van der Waals surface area contributed by atoms with Gasteiger partial charge in [0.15, 0.2) is 0 Å².